The second-order valence-corrected chi connectivity index (χ2v) is 9.37. The van der Waals surface area contributed by atoms with E-state index in [-0.39, 0.29) is 35.9 Å². The van der Waals surface area contributed by atoms with Gasteiger partial charge in [-0.2, -0.15) is 0 Å². The van der Waals surface area contributed by atoms with E-state index in [1.807, 2.05) is 17.5 Å². The van der Waals surface area contributed by atoms with Gasteiger partial charge >= 0.3 is 0 Å². The number of benzene rings is 1. The predicted molar refractivity (Wildman–Crippen MR) is 118 cm³/mol. The SMILES string of the molecule is O=C(CCNC(=O)c1cccc(S(=O)(=O)NCc2cccs2)c1)NCc1ccncc1. The summed E-state index contributed by atoms with van der Waals surface area (Å²) in [6.07, 6.45) is 3.40. The van der Waals surface area contributed by atoms with Crippen LogP contribution in [0.15, 0.2) is 71.2 Å². The minimum Gasteiger partial charge on any atom is -0.352 e. The van der Waals surface area contributed by atoms with Crippen LogP contribution < -0.4 is 15.4 Å². The van der Waals surface area contributed by atoms with E-state index >= 15 is 0 Å². The van der Waals surface area contributed by atoms with Gasteiger partial charge in [-0.25, -0.2) is 13.1 Å². The summed E-state index contributed by atoms with van der Waals surface area (Å²) in [5.41, 5.74) is 1.13. The topological polar surface area (TPSA) is 117 Å². The Labute approximate surface area is 184 Å². The average Bonchev–Trinajstić information content (AvgIpc) is 3.31. The summed E-state index contributed by atoms with van der Waals surface area (Å²) < 4.78 is 27.5. The van der Waals surface area contributed by atoms with Gasteiger partial charge in [0.1, 0.15) is 0 Å². The molecular formula is C21H22N4O4S2. The third-order valence-corrected chi connectivity index (χ3v) is 6.58. The molecule has 0 bridgehead atoms. The normalized spacial score (nSPS) is 11.1. The number of sulfonamides is 1. The van der Waals surface area contributed by atoms with Crippen LogP contribution in [0.3, 0.4) is 0 Å². The Kier molecular flexibility index (Phi) is 7.88. The first-order valence-electron chi connectivity index (χ1n) is 9.50. The Balaban J connectivity index is 1.48. The number of rotatable bonds is 10. The predicted octanol–water partition coefficient (Wildman–Crippen LogP) is 2.06. The van der Waals surface area contributed by atoms with Gasteiger partial charge in [-0.05, 0) is 47.3 Å². The summed E-state index contributed by atoms with van der Waals surface area (Å²) in [6.45, 7) is 0.702. The molecular weight excluding hydrogens is 436 g/mol. The molecule has 3 aromatic rings. The fourth-order valence-electron chi connectivity index (χ4n) is 2.65. The Hall–Kier alpha value is -3.08. The lowest BCUT2D eigenvalue weighted by Crippen LogP contribution is -2.30. The van der Waals surface area contributed by atoms with Crippen LogP contribution in [0.2, 0.25) is 0 Å². The third kappa shape index (κ3) is 6.99. The van der Waals surface area contributed by atoms with Crippen molar-refractivity contribution >= 4 is 33.2 Å². The minimum atomic E-state index is -3.75. The van der Waals surface area contributed by atoms with Crippen molar-refractivity contribution in [1.82, 2.24) is 20.3 Å². The molecule has 1 aromatic carbocycles. The maximum absolute atomic E-state index is 12.5. The zero-order valence-corrected chi connectivity index (χ0v) is 18.2. The first-order chi connectivity index (χ1) is 14.9. The largest absolute Gasteiger partial charge is 0.352 e. The van der Waals surface area contributed by atoms with Crippen molar-refractivity contribution < 1.29 is 18.0 Å². The van der Waals surface area contributed by atoms with E-state index in [0.717, 1.165) is 10.4 Å². The molecule has 162 valence electrons. The van der Waals surface area contributed by atoms with Gasteiger partial charge in [-0.3, -0.25) is 14.6 Å². The van der Waals surface area contributed by atoms with E-state index in [1.54, 1.807) is 24.5 Å². The molecule has 0 fully saturated rings. The molecule has 0 radical (unpaired) electrons. The molecule has 0 aliphatic carbocycles. The number of pyridine rings is 1. The molecule has 0 spiro atoms. The number of aromatic nitrogens is 1. The number of thiophene rings is 1. The van der Waals surface area contributed by atoms with Gasteiger partial charge in [-0.15, -0.1) is 11.3 Å². The maximum Gasteiger partial charge on any atom is 0.251 e. The molecule has 10 heteroatoms. The van der Waals surface area contributed by atoms with E-state index in [1.165, 1.54) is 35.6 Å². The van der Waals surface area contributed by atoms with Crippen LogP contribution in [0.5, 0.6) is 0 Å². The molecule has 3 rings (SSSR count). The number of hydrogen-bond acceptors (Lipinski definition) is 6. The standard InChI is InChI=1S/C21H22N4O4S2/c26-20(24-14-16-6-9-22-10-7-16)8-11-23-21(27)17-3-1-5-19(13-17)31(28,29)25-15-18-4-2-12-30-18/h1-7,9-10,12-13,25H,8,11,14-15H2,(H,23,27)(H,24,26). The fourth-order valence-corrected chi connectivity index (χ4v) is 4.44. The molecule has 3 N–H and O–H groups in total. The van der Waals surface area contributed by atoms with Crippen molar-refractivity contribution in [1.29, 1.82) is 0 Å². The van der Waals surface area contributed by atoms with Crippen LogP contribution in [-0.4, -0.2) is 31.8 Å². The van der Waals surface area contributed by atoms with Crippen LogP contribution in [0.25, 0.3) is 0 Å². The highest BCUT2D eigenvalue weighted by atomic mass is 32.2. The van der Waals surface area contributed by atoms with Crippen LogP contribution in [0.4, 0.5) is 0 Å². The molecule has 0 unspecified atom stereocenters. The summed E-state index contributed by atoms with van der Waals surface area (Å²) in [6, 6.07) is 13.1. The number of hydrogen-bond donors (Lipinski definition) is 3. The minimum absolute atomic E-state index is 0.00630. The van der Waals surface area contributed by atoms with E-state index < -0.39 is 15.9 Å². The molecule has 2 aromatic heterocycles. The monoisotopic (exact) mass is 458 g/mol. The van der Waals surface area contributed by atoms with Gasteiger partial charge in [0.05, 0.1) is 4.90 Å². The van der Waals surface area contributed by atoms with Crippen LogP contribution in [0.1, 0.15) is 27.2 Å². The van der Waals surface area contributed by atoms with E-state index in [2.05, 4.69) is 20.3 Å². The van der Waals surface area contributed by atoms with E-state index in [9.17, 15) is 18.0 Å². The van der Waals surface area contributed by atoms with E-state index in [0.29, 0.717) is 6.54 Å². The molecule has 0 saturated heterocycles. The van der Waals surface area contributed by atoms with Gasteiger partial charge in [-0.1, -0.05) is 12.1 Å². The van der Waals surface area contributed by atoms with Crippen LogP contribution in [0, 0.1) is 0 Å². The van der Waals surface area contributed by atoms with Gasteiger partial charge in [0.25, 0.3) is 5.91 Å². The molecule has 0 aliphatic heterocycles. The first kappa shape index (κ1) is 22.6. The molecule has 8 nitrogen and oxygen atoms in total. The number of carbonyl (C=O) groups is 2. The van der Waals surface area contributed by atoms with Gasteiger partial charge in [0.15, 0.2) is 0 Å². The third-order valence-electron chi connectivity index (χ3n) is 4.30. The fraction of sp³-hybridized carbons (Fsp3) is 0.190. The highest BCUT2D eigenvalue weighted by Gasteiger charge is 2.16. The van der Waals surface area contributed by atoms with Crippen molar-refractivity contribution in [2.24, 2.45) is 0 Å². The summed E-state index contributed by atoms with van der Waals surface area (Å²) >= 11 is 1.45. The quantitative estimate of drug-likeness (QED) is 0.430. The smallest absolute Gasteiger partial charge is 0.251 e. The van der Waals surface area contributed by atoms with Gasteiger partial charge < -0.3 is 10.6 Å². The number of carbonyl (C=O) groups excluding carboxylic acids is 2. The molecule has 0 aliphatic rings. The summed E-state index contributed by atoms with van der Waals surface area (Å²) in [5, 5.41) is 7.27. The Morgan fingerprint density at radius 2 is 1.77 bits per heavy atom. The zero-order chi connectivity index (χ0) is 22.1. The molecule has 31 heavy (non-hydrogen) atoms. The van der Waals surface area contributed by atoms with Gasteiger partial charge in [0, 0.05) is 48.9 Å². The summed E-state index contributed by atoms with van der Waals surface area (Å²) in [4.78, 5) is 29.1. The van der Waals surface area contributed by atoms with E-state index in [4.69, 9.17) is 0 Å². The Morgan fingerprint density at radius 3 is 2.52 bits per heavy atom. The summed E-state index contributed by atoms with van der Waals surface area (Å²) in [7, 11) is -3.75. The summed E-state index contributed by atoms with van der Waals surface area (Å²) in [5.74, 6) is -0.650. The van der Waals surface area contributed by atoms with Crippen molar-refractivity contribution in [2.45, 2.75) is 24.4 Å². The van der Waals surface area contributed by atoms with Crippen molar-refractivity contribution in [3.8, 4) is 0 Å². The lowest BCUT2D eigenvalue weighted by molar-refractivity contribution is -0.121. The molecule has 0 saturated carbocycles. The Morgan fingerprint density at radius 1 is 0.968 bits per heavy atom. The highest BCUT2D eigenvalue weighted by molar-refractivity contribution is 7.89. The average molecular weight is 459 g/mol. The number of nitrogens with zero attached hydrogens (tertiary/aromatic N) is 1. The highest BCUT2D eigenvalue weighted by Crippen LogP contribution is 2.14. The van der Waals surface area contributed by atoms with Gasteiger partial charge in [0.2, 0.25) is 15.9 Å². The van der Waals surface area contributed by atoms with Crippen molar-refractivity contribution in [2.75, 3.05) is 6.54 Å². The molecule has 2 amide bonds. The van der Waals surface area contributed by atoms with Crippen molar-refractivity contribution in [3.63, 3.8) is 0 Å². The Bertz CT molecular complexity index is 1120. The molecule has 2 heterocycles. The molecule has 0 atom stereocenters. The second-order valence-electron chi connectivity index (χ2n) is 6.57. The van der Waals surface area contributed by atoms with Crippen LogP contribution >= 0.6 is 11.3 Å². The van der Waals surface area contributed by atoms with Crippen molar-refractivity contribution in [3.05, 3.63) is 82.3 Å². The zero-order valence-electron chi connectivity index (χ0n) is 16.6. The number of nitrogens with one attached hydrogen (secondary N) is 3. The lowest BCUT2D eigenvalue weighted by atomic mass is 10.2. The lowest BCUT2D eigenvalue weighted by Gasteiger charge is -2.09. The second kappa shape index (κ2) is 10.8. The first-order valence-corrected chi connectivity index (χ1v) is 11.9. The van der Waals surface area contributed by atoms with Crippen LogP contribution in [-0.2, 0) is 27.9 Å². The maximum atomic E-state index is 12.5. The number of amides is 2.